The van der Waals surface area contributed by atoms with Crippen molar-refractivity contribution in [2.45, 2.75) is 79.1 Å². The van der Waals surface area contributed by atoms with Crippen LogP contribution < -0.4 is 0 Å². The highest BCUT2D eigenvalue weighted by Gasteiger charge is 2.36. The zero-order valence-corrected chi connectivity index (χ0v) is 27.4. The first-order valence-electron chi connectivity index (χ1n) is 17.2. The summed E-state index contributed by atoms with van der Waals surface area (Å²) in [5.41, 5.74) is 9.71. The number of rotatable bonds is 4. The van der Waals surface area contributed by atoms with E-state index in [-0.39, 0.29) is 0 Å². The van der Waals surface area contributed by atoms with Crippen molar-refractivity contribution in [1.82, 2.24) is 9.97 Å². The number of hydrogen-bond acceptors (Lipinski definition) is 2. The second kappa shape index (κ2) is 11.8. The van der Waals surface area contributed by atoms with Crippen LogP contribution in [0.5, 0.6) is 0 Å². The van der Waals surface area contributed by atoms with Crippen LogP contribution in [0.15, 0.2) is 84.9 Å². The first-order chi connectivity index (χ1) is 21.3. The highest BCUT2D eigenvalue weighted by Crippen LogP contribution is 2.48. The number of hydrogen-bond donors (Lipinski definition) is 0. The lowest BCUT2D eigenvalue weighted by Gasteiger charge is -2.39. The van der Waals surface area contributed by atoms with Crippen LogP contribution >= 0.6 is 0 Å². The predicted molar refractivity (Wildman–Crippen MR) is 187 cm³/mol. The van der Waals surface area contributed by atoms with Gasteiger partial charge in [0.2, 0.25) is 0 Å². The van der Waals surface area contributed by atoms with Crippen molar-refractivity contribution >= 4 is 21.8 Å². The summed E-state index contributed by atoms with van der Waals surface area (Å²) < 4.78 is 0. The first kappa shape index (κ1) is 29.2. The van der Waals surface area contributed by atoms with Crippen molar-refractivity contribution in [2.24, 2.45) is 35.5 Å². The first-order valence-corrected chi connectivity index (χ1v) is 17.2. The van der Waals surface area contributed by atoms with Gasteiger partial charge in [0.05, 0.1) is 11.0 Å². The molecule has 0 spiro atoms. The van der Waals surface area contributed by atoms with E-state index in [0.29, 0.717) is 47.3 Å². The standard InChI is InChI=1S/C42H48N2/c1-25-17-19-27(3)39(29(25)5)37-23-35(31-13-9-7-10-14-31)33-21-22-34-36(32-15-11-8-12-16-32)24-38(44-42(34)41(33)43-37)40-28(4)20-18-26(2)30(40)6/h7-16,21-30,39-40H,17-20H2,1-6H3. The van der Waals surface area contributed by atoms with Crippen LogP contribution in [-0.4, -0.2) is 9.97 Å². The van der Waals surface area contributed by atoms with Gasteiger partial charge in [-0.1, -0.05) is 127 Å². The fourth-order valence-corrected chi connectivity index (χ4v) is 8.87. The highest BCUT2D eigenvalue weighted by molar-refractivity contribution is 6.12. The summed E-state index contributed by atoms with van der Waals surface area (Å²) >= 11 is 0. The SMILES string of the molecule is CC1CCC(C)C(c2cc(-c3ccccc3)c3ccc4c(-c5ccccc5)cc(C5C(C)CCC(C)C5C)nc4c3n2)C1C. The summed E-state index contributed by atoms with van der Waals surface area (Å²) in [5.74, 6) is 4.69. The number of pyridine rings is 2. The topological polar surface area (TPSA) is 25.8 Å². The van der Waals surface area contributed by atoms with Crippen LogP contribution in [-0.2, 0) is 0 Å². The maximum atomic E-state index is 5.66. The summed E-state index contributed by atoms with van der Waals surface area (Å²) in [5, 5.41) is 2.41. The lowest BCUT2D eigenvalue weighted by Crippen LogP contribution is -2.29. The molecule has 2 aliphatic carbocycles. The van der Waals surface area contributed by atoms with Crippen LogP contribution in [0.25, 0.3) is 44.1 Å². The second-order valence-electron chi connectivity index (χ2n) is 14.6. The van der Waals surface area contributed by atoms with Crippen LogP contribution in [0.3, 0.4) is 0 Å². The summed E-state index contributed by atoms with van der Waals surface area (Å²) in [6, 6.07) is 31.4. The molecule has 44 heavy (non-hydrogen) atoms. The Hall–Kier alpha value is -3.52. The van der Waals surface area contributed by atoms with E-state index in [1.54, 1.807) is 0 Å². The Morgan fingerprint density at radius 3 is 1.20 bits per heavy atom. The van der Waals surface area contributed by atoms with E-state index in [0.717, 1.165) is 11.0 Å². The van der Waals surface area contributed by atoms with E-state index in [9.17, 15) is 0 Å². The van der Waals surface area contributed by atoms with Crippen molar-refractivity contribution in [2.75, 3.05) is 0 Å². The molecule has 0 N–H and O–H groups in total. The Labute approximate surface area is 264 Å². The third-order valence-electron chi connectivity index (χ3n) is 12.0. The molecule has 0 radical (unpaired) electrons. The predicted octanol–water partition coefficient (Wildman–Crippen LogP) is 11.7. The molecule has 2 heteroatoms. The number of aromatic nitrogens is 2. The molecule has 2 heterocycles. The molecule has 8 atom stereocenters. The molecule has 0 saturated heterocycles. The molecule has 0 aliphatic heterocycles. The Bertz CT molecular complexity index is 1640. The summed E-state index contributed by atoms with van der Waals surface area (Å²) in [6.07, 6.45) is 5.15. The zero-order chi connectivity index (χ0) is 30.5. The molecule has 3 aromatic carbocycles. The molecule has 2 nitrogen and oxygen atoms in total. The summed E-state index contributed by atoms with van der Waals surface area (Å²) in [6.45, 7) is 14.7. The lowest BCUT2D eigenvalue weighted by atomic mass is 9.67. The number of nitrogens with zero attached hydrogens (tertiary/aromatic N) is 2. The van der Waals surface area contributed by atoms with Crippen molar-refractivity contribution in [3.63, 3.8) is 0 Å². The molecule has 0 bridgehead atoms. The Morgan fingerprint density at radius 1 is 0.455 bits per heavy atom. The minimum atomic E-state index is 0.442. The largest absolute Gasteiger partial charge is 0.250 e. The van der Waals surface area contributed by atoms with Crippen LogP contribution in [0.1, 0.15) is 90.4 Å². The highest BCUT2D eigenvalue weighted by atomic mass is 14.8. The van der Waals surface area contributed by atoms with Gasteiger partial charge >= 0.3 is 0 Å². The fourth-order valence-electron chi connectivity index (χ4n) is 8.87. The molecular weight excluding hydrogens is 532 g/mol. The Balaban J connectivity index is 1.56. The fraction of sp³-hybridized carbons (Fsp3) is 0.429. The third-order valence-corrected chi connectivity index (χ3v) is 12.0. The van der Waals surface area contributed by atoms with Gasteiger partial charge in [-0.25, -0.2) is 0 Å². The minimum Gasteiger partial charge on any atom is -0.250 e. The van der Waals surface area contributed by atoms with Crippen LogP contribution in [0.4, 0.5) is 0 Å². The average Bonchev–Trinajstić information content (AvgIpc) is 3.05. The van der Waals surface area contributed by atoms with Crippen molar-refractivity contribution in [3.8, 4) is 22.3 Å². The molecule has 2 aromatic heterocycles. The average molecular weight is 581 g/mol. The molecule has 226 valence electrons. The molecule has 0 amide bonds. The van der Waals surface area contributed by atoms with Crippen molar-refractivity contribution < 1.29 is 0 Å². The smallest absolute Gasteiger partial charge is 0.0974 e. The van der Waals surface area contributed by atoms with E-state index >= 15 is 0 Å². The van der Waals surface area contributed by atoms with Gasteiger partial charge in [-0.2, -0.15) is 0 Å². The third kappa shape index (κ3) is 5.05. The van der Waals surface area contributed by atoms with E-state index < -0.39 is 0 Å². The Morgan fingerprint density at radius 2 is 0.818 bits per heavy atom. The lowest BCUT2D eigenvalue weighted by molar-refractivity contribution is 0.176. The molecule has 2 aliphatic rings. The molecular formula is C42H48N2. The van der Waals surface area contributed by atoms with E-state index in [2.05, 4.69) is 126 Å². The monoisotopic (exact) mass is 580 g/mol. The molecule has 2 saturated carbocycles. The maximum Gasteiger partial charge on any atom is 0.0974 e. The van der Waals surface area contributed by atoms with E-state index in [1.165, 1.54) is 70.1 Å². The van der Waals surface area contributed by atoms with Gasteiger partial charge in [0.25, 0.3) is 0 Å². The van der Waals surface area contributed by atoms with Crippen LogP contribution in [0, 0.1) is 35.5 Å². The van der Waals surface area contributed by atoms with Crippen molar-refractivity contribution in [1.29, 1.82) is 0 Å². The van der Waals surface area contributed by atoms with Gasteiger partial charge in [-0.15, -0.1) is 0 Å². The Kier molecular flexibility index (Phi) is 7.81. The minimum absolute atomic E-state index is 0.442. The van der Waals surface area contributed by atoms with Gasteiger partial charge in [0.1, 0.15) is 0 Å². The maximum absolute atomic E-state index is 5.66. The molecule has 7 rings (SSSR count). The van der Waals surface area contributed by atoms with Gasteiger partial charge in [0, 0.05) is 34.0 Å². The zero-order valence-electron chi connectivity index (χ0n) is 27.4. The molecule has 5 aromatic rings. The van der Waals surface area contributed by atoms with Gasteiger partial charge < -0.3 is 0 Å². The van der Waals surface area contributed by atoms with Gasteiger partial charge in [-0.3, -0.25) is 9.97 Å². The van der Waals surface area contributed by atoms with Crippen LogP contribution in [0.2, 0.25) is 0 Å². The van der Waals surface area contributed by atoms with E-state index in [1.807, 2.05) is 0 Å². The van der Waals surface area contributed by atoms with Gasteiger partial charge in [0.15, 0.2) is 0 Å². The van der Waals surface area contributed by atoms with Gasteiger partial charge in [-0.05, 0) is 82.7 Å². The molecule has 2 fully saturated rings. The number of benzene rings is 3. The summed E-state index contributed by atoms with van der Waals surface area (Å²) in [4.78, 5) is 11.3. The van der Waals surface area contributed by atoms with E-state index in [4.69, 9.17) is 9.97 Å². The second-order valence-corrected chi connectivity index (χ2v) is 14.6. The normalized spacial score (nSPS) is 29.2. The van der Waals surface area contributed by atoms with Crippen molar-refractivity contribution in [3.05, 3.63) is 96.3 Å². The summed E-state index contributed by atoms with van der Waals surface area (Å²) in [7, 11) is 0. The quantitative estimate of drug-likeness (QED) is 0.198. The molecule has 8 unspecified atom stereocenters. The number of fused-ring (bicyclic) bond motifs is 3.